The van der Waals surface area contributed by atoms with Crippen LogP contribution < -0.4 is 0 Å². The second-order valence-electron chi connectivity index (χ2n) is 5.03. The zero-order valence-electron chi connectivity index (χ0n) is 12.1. The van der Waals surface area contributed by atoms with Crippen LogP contribution in [0.3, 0.4) is 0 Å². The van der Waals surface area contributed by atoms with Crippen LogP contribution in [0.15, 0.2) is 23.2 Å². The molecule has 1 fully saturated rings. The molecule has 2 aliphatic heterocycles. The number of thioether (sulfide) groups is 1. The number of aliphatic hydroxyl groups excluding tert-OH is 1. The summed E-state index contributed by atoms with van der Waals surface area (Å²) < 4.78 is 32.8. The monoisotopic (exact) mass is 331 g/mol. The van der Waals surface area contributed by atoms with Crippen LogP contribution in [0.4, 0.5) is 8.78 Å². The average Bonchev–Trinajstić information content (AvgIpc) is 2.48. The molecule has 0 spiro atoms. The Morgan fingerprint density at radius 1 is 1.36 bits per heavy atom. The van der Waals surface area contributed by atoms with Gasteiger partial charge in [-0.05, 0) is 19.4 Å². The highest BCUT2D eigenvalue weighted by molar-refractivity contribution is 8.13. The highest BCUT2D eigenvalue weighted by Crippen LogP contribution is 2.45. The van der Waals surface area contributed by atoms with E-state index in [1.54, 1.807) is 11.8 Å². The fourth-order valence-corrected chi connectivity index (χ4v) is 4.00. The van der Waals surface area contributed by atoms with Crippen LogP contribution in [0.1, 0.15) is 26.3 Å². The molecule has 1 N–H and O–H groups in total. The SMILES string of the molecule is C.CC1=NC2(c3ccc(F)cc3F)COCCC2CS1.CO. The Morgan fingerprint density at radius 3 is 2.77 bits per heavy atom. The van der Waals surface area contributed by atoms with E-state index >= 15 is 0 Å². The maximum Gasteiger partial charge on any atom is 0.131 e. The van der Waals surface area contributed by atoms with Gasteiger partial charge in [0, 0.05) is 37.0 Å². The van der Waals surface area contributed by atoms with Gasteiger partial charge in [-0.15, -0.1) is 11.8 Å². The minimum atomic E-state index is -0.675. The molecule has 124 valence electrons. The molecule has 2 atom stereocenters. The van der Waals surface area contributed by atoms with Crippen molar-refractivity contribution in [1.82, 2.24) is 0 Å². The predicted molar refractivity (Wildman–Crippen MR) is 87.4 cm³/mol. The van der Waals surface area contributed by atoms with Gasteiger partial charge in [0.1, 0.15) is 17.2 Å². The van der Waals surface area contributed by atoms with E-state index in [9.17, 15) is 8.78 Å². The number of fused-ring (bicyclic) bond motifs is 1. The quantitative estimate of drug-likeness (QED) is 0.855. The van der Waals surface area contributed by atoms with Crippen LogP contribution in [0, 0.1) is 17.6 Å². The Balaban J connectivity index is 0.000000775. The molecule has 2 aliphatic rings. The van der Waals surface area contributed by atoms with E-state index in [1.807, 2.05) is 6.92 Å². The van der Waals surface area contributed by atoms with Gasteiger partial charge >= 0.3 is 0 Å². The third kappa shape index (κ3) is 3.50. The lowest BCUT2D eigenvalue weighted by Gasteiger charge is -2.44. The molecule has 3 rings (SSSR count). The van der Waals surface area contributed by atoms with Crippen LogP contribution in [-0.4, -0.2) is 36.2 Å². The van der Waals surface area contributed by atoms with Crippen molar-refractivity contribution >= 4 is 16.8 Å². The molecule has 0 radical (unpaired) electrons. The summed E-state index contributed by atoms with van der Waals surface area (Å²) in [5.74, 6) is 0.0702. The van der Waals surface area contributed by atoms with E-state index in [-0.39, 0.29) is 13.3 Å². The smallest absolute Gasteiger partial charge is 0.131 e. The summed E-state index contributed by atoms with van der Waals surface area (Å²) >= 11 is 1.70. The van der Waals surface area contributed by atoms with Crippen LogP contribution >= 0.6 is 11.8 Å². The van der Waals surface area contributed by atoms with E-state index in [4.69, 9.17) is 9.84 Å². The minimum absolute atomic E-state index is 0. The van der Waals surface area contributed by atoms with Gasteiger partial charge in [-0.2, -0.15) is 0 Å². The van der Waals surface area contributed by atoms with E-state index in [1.165, 1.54) is 12.1 Å². The second-order valence-corrected chi connectivity index (χ2v) is 6.24. The number of halogens is 2. The normalized spacial score (nSPS) is 26.8. The first-order valence-corrected chi connectivity index (χ1v) is 7.77. The lowest BCUT2D eigenvalue weighted by molar-refractivity contribution is 0.00300. The molecule has 1 aromatic rings. The Hall–Kier alpha value is -0.980. The summed E-state index contributed by atoms with van der Waals surface area (Å²) in [7, 11) is 1.00. The lowest BCUT2D eigenvalue weighted by atomic mass is 9.76. The molecule has 0 bridgehead atoms. The van der Waals surface area contributed by atoms with Gasteiger partial charge in [-0.1, -0.05) is 13.5 Å². The van der Waals surface area contributed by atoms with Gasteiger partial charge in [-0.25, -0.2) is 8.78 Å². The summed E-state index contributed by atoms with van der Waals surface area (Å²) in [6, 6.07) is 3.74. The van der Waals surface area contributed by atoms with Crippen molar-refractivity contribution in [3.8, 4) is 0 Å². The first-order valence-electron chi connectivity index (χ1n) is 6.79. The number of ether oxygens (including phenoxy) is 1. The molecule has 1 saturated heterocycles. The number of benzene rings is 1. The summed E-state index contributed by atoms with van der Waals surface area (Å²) in [5, 5.41) is 7.94. The Morgan fingerprint density at radius 2 is 2.09 bits per heavy atom. The van der Waals surface area contributed by atoms with Crippen molar-refractivity contribution < 1.29 is 18.6 Å². The van der Waals surface area contributed by atoms with Crippen molar-refractivity contribution in [3.63, 3.8) is 0 Å². The first kappa shape index (κ1) is 19.1. The standard InChI is InChI=1S/C14H15F2NOS.CH4O.CH4/c1-9-17-14(8-18-5-4-10(14)7-19-9)12-3-2-11(15)6-13(12)16;1-2;/h2-3,6,10H,4-5,7-8H2,1H3;2H,1H3;1H4. The number of aliphatic hydroxyl groups is 1. The number of nitrogens with zero attached hydrogens (tertiary/aromatic N) is 1. The molecule has 1 aromatic carbocycles. The third-order valence-electron chi connectivity index (χ3n) is 3.86. The molecule has 0 aromatic heterocycles. The van der Waals surface area contributed by atoms with Gasteiger partial charge in [0.2, 0.25) is 0 Å². The highest BCUT2D eigenvalue weighted by atomic mass is 32.2. The summed E-state index contributed by atoms with van der Waals surface area (Å²) in [6.45, 7) is 2.99. The summed E-state index contributed by atoms with van der Waals surface area (Å²) in [6.07, 6.45) is 0.862. The molecule has 0 saturated carbocycles. The van der Waals surface area contributed by atoms with E-state index in [2.05, 4.69) is 4.99 Å². The zero-order chi connectivity index (χ0) is 15.5. The Labute approximate surface area is 134 Å². The van der Waals surface area contributed by atoms with E-state index < -0.39 is 17.2 Å². The number of rotatable bonds is 1. The number of aliphatic imine (C=N–C) groups is 1. The number of hydrogen-bond acceptors (Lipinski definition) is 4. The van der Waals surface area contributed by atoms with Crippen LogP contribution in [0.25, 0.3) is 0 Å². The zero-order valence-corrected chi connectivity index (χ0v) is 12.9. The highest BCUT2D eigenvalue weighted by Gasteiger charge is 2.46. The topological polar surface area (TPSA) is 41.8 Å². The van der Waals surface area contributed by atoms with Gasteiger partial charge in [0.05, 0.1) is 11.7 Å². The van der Waals surface area contributed by atoms with Crippen LogP contribution in [0.5, 0.6) is 0 Å². The van der Waals surface area contributed by atoms with Crippen molar-refractivity contribution in [2.75, 3.05) is 26.1 Å². The third-order valence-corrected chi connectivity index (χ3v) is 4.93. The molecule has 3 nitrogen and oxygen atoms in total. The first-order chi connectivity index (χ1) is 10.1. The fraction of sp³-hybridized carbons (Fsp3) is 0.562. The largest absolute Gasteiger partial charge is 0.400 e. The molecular formula is C16H23F2NO2S. The summed E-state index contributed by atoms with van der Waals surface area (Å²) in [4.78, 5) is 4.69. The fourth-order valence-electron chi connectivity index (χ4n) is 2.89. The molecular weight excluding hydrogens is 308 g/mol. The lowest BCUT2D eigenvalue weighted by Crippen LogP contribution is -2.46. The predicted octanol–water partition coefficient (Wildman–Crippen LogP) is 3.61. The molecule has 0 amide bonds. The molecule has 22 heavy (non-hydrogen) atoms. The maximum absolute atomic E-state index is 14.2. The second kappa shape index (κ2) is 8.04. The minimum Gasteiger partial charge on any atom is -0.400 e. The molecule has 0 aliphatic carbocycles. The van der Waals surface area contributed by atoms with Crippen LogP contribution in [0.2, 0.25) is 0 Å². The van der Waals surface area contributed by atoms with Gasteiger partial charge in [0.25, 0.3) is 0 Å². The Bertz CT molecular complexity index is 539. The van der Waals surface area contributed by atoms with Crippen molar-refractivity contribution in [3.05, 3.63) is 35.4 Å². The average molecular weight is 331 g/mol. The van der Waals surface area contributed by atoms with E-state index in [0.717, 1.165) is 30.4 Å². The van der Waals surface area contributed by atoms with Crippen molar-refractivity contribution in [2.45, 2.75) is 26.3 Å². The van der Waals surface area contributed by atoms with Crippen molar-refractivity contribution in [2.24, 2.45) is 10.9 Å². The number of hydrogen-bond donors (Lipinski definition) is 1. The summed E-state index contributed by atoms with van der Waals surface area (Å²) in [5.41, 5.74) is -0.219. The van der Waals surface area contributed by atoms with Gasteiger partial charge in [-0.3, -0.25) is 4.99 Å². The van der Waals surface area contributed by atoms with Crippen molar-refractivity contribution in [1.29, 1.82) is 0 Å². The Kier molecular flexibility index (Phi) is 6.97. The van der Waals surface area contributed by atoms with Gasteiger partial charge < -0.3 is 9.84 Å². The molecule has 6 heteroatoms. The molecule has 2 heterocycles. The maximum atomic E-state index is 14.2. The van der Waals surface area contributed by atoms with Gasteiger partial charge in [0.15, 0.2) is 0 Å². The molecule has 2 unspecified atom stereocenters. The van der Waals surface area contributed by atoms with E-state index in [0.29, 0.717) is 18.8 Å². The van der Waals surface area contributed by atoms with Crippen LogP contribution in [-0.2, 0) is 10.3 Å².